The predicted molar refractivity (Wildman–Crippen MR) is 136 cm³/mol. The fraction of sp³-hybridized carbons (Fsp3) is 0.296. The second kappa shape index (κ2) is 8.65. The molecule has 1 aromatic carbocycles. The fourth-order valence-electron chi connectivity index (χ4n) is 6.03. The summed E-state index contributed by atoms with van der Waals surface area (Å²) >= 11 is 0. The predicted octanol–water partition coefficient (Wildman–Crippen LogP) is 4.17. The van der Waals surface area contributed by atoms with Crippen molar-refractivity contribution in [2.75, 3.05) is 5.73 Å². The number of primary amides is 1. The summed E-state index contributed by atoms with van der Waals surface area (Å²) in [4.78, 5) is 35.9. The van der Waals surface area contributed by atoms with E-state index in [1.54, 1.807) is 41.6 Å². The molecule has 37 heavy (non-hydrogen) atoms. The van der Waals surface area contributed by atoms with Gasteiger partial charge in [-0.15, -0.1) is 0 Å². The maximum absolute atomic E-state index is 14.2. The molecule has 3 atom stereocenters. The Morgan fingerprint density at radius 3 is 2.38 bits per heavy atom. The number of nitrogen functional groups attached to an aromatic ring is 1. The highest BCUT2D eigenvalue weighted by Gasteiger charge is 2.44. The number of carbonyl (C=O) groups is 2. The van der Waals surface area contributed by atoms with Crippen molar-refractivity contribution in [3.05, 3.63) is 65.9 Å². The smallest absolute Gasteiger partial charge is 0.315 e. The average Bonchev–Trinajstić information content (AvgIpc) is 3.42. The highest BCUT2D eigenvalue weighted by Crippen LogP contribution is 2.44. The number of piperidine rings is 1. The Hall–Kier alpha value is -4.34. The van der Waals surface area contributed by atoms with Crippen LogP contribution in [0, 0.1) is 5.82 Å². The number of halogens is 1. The Labute approximate surface area is 212 Å². The van der Waals surface area contributed by atoms with Gasteiger partial charge >= 0.3 is 6.03 Å². The minimum absolute atomic E-state index is 0.0276. The van der Waals surface area contributed by atoms with E-state index in [9.17, 15) is 14.0 Å². The highest BCUT2D eigenvalue weighted by molar-refractivity contribution is 6.00. The van der Waals surface area contributed by atoms with E-state index < -0.39 is 6.03 Å². The third-order valence-electron chi connectivity index (χ3n) is 7.66. The number of rotatable bonds is 4. The molecule has 5 heterocycles. The summed E-state index contributed by atoms with van der Waals surface area (Å²) in [6.45, 7) is 1.48. The number of benzene rings is 1. The van der Waals surface area contributed by atoms with Crippen molar-refractivity contribution in [2.45, 2.75) is 50.6 Å². The van der Waals surface area contributed by atoms with Crippen molar-refractivity contribution in [2.24, 2.45) is 5.73 Å². The molecule has 0 radical (unpaired) electrons. The number of urea groups is 1. The van der Waals surface area contributed by atoms with Crippen LogP contribution in [0.5, 0.6) is 0 Å². The fourth-order valence-corrected chi connectivity index (χ4v) is 6.03. The van der Waals surface area contributed by atoms with E-state index in [1.807, 2.05) is 6.07 Å². The van der Waals surface area contributed by atoms with Crippen LogP contribution in [0.1, 0.15) is 54.6 Å². The standard InChI is InChI=1S/C27H26FN7O2/c1-14(36)23-24(16-10-17-7-8-18(11-16)34(17)27(30)37)33-26-20(13-32-35(26)25(23)29)15-6-9-22(31-12-15)19-4-2-3-5-21(19)28/h2-6,9,12-13,16-18H,7-8,10-11,29H2,1H3,(H2,30,37)/t16?,17-,18+. The van der Waals surface area contributed by atoms with Crippen LogP contribution in [0.15, 0.2) is 48.8 Å². The molecule has 10 heteroatoms. The first-order valence-electron chi connectivity index (χ1n) is 12.3. The van der Waals surface area contributed by atoms with Crippen LogP contribution in [0.25, 0.3) is 28.0 Å². The quantitative estimate of drug-likeness (QED) is 0.405. The molecule has 9 nitrogen and oxygen atoms in total. The zero-order valence-electron chi connectivity index (χ0n) is 20.3. The first-order valence-corrected chi connectivity index (χ1v) is 12.3. The number of Topliss-reactive ketones (excluding diaryl/α,β-unsaturated/α-hetero) is 1. The molecule has 0 spiro atoms. The van der Waals surface area contributed by atoms with Gasteiger partial charge in [-0.1, -0.05) is 18.2 Å². The highest BCUT2D eigenvalue weighted by atomic mass is 19.1. The summed E-state index contributed by atoms with van der Waals surface area (Å²) in [6, 6.07) is 9.73. The molecular weight excluding hydrogens is 473 g/mol. The summed E-state index contributed by atoms with van der Waals surface area (Å²) in [6.07, 6.45) is 6.41. The Bertz CT molecular complexity index is 1530. The molecule has 2 amide bonds. The van der Waals surface area contributed by atoms with E-state index in [0.717, 1.165) is 18.4 Å². The molecule has 0 aliphatic carbocycles. The summed E-state index contributed by atoms with van der Waals surface area (Å²) in [5.74, 6) is -0.326. The lowest BCUT2D eigenvalue weighted by atomic mass is 9.85. The van der Waals surface area contributed by atoms with Gasteiger partial charge in [-0.05, 0) is 50.8 Å². The molecular formula is C27H26FN7O2. The number of aromatic nitrogens is 4. The molecule has 2 bridgehead atoms. The first-order chi connectivity index (χ1) is 17.8. The number of hydrogen-bond donors (Lipinski definition) is 2. The average molecular weight is 500 g/mol. The van der Waals surface area contributed by atoms with Gasteiger partial charge in [0.2, 0.25) is 0 Å². The maximum Gasteiger partial charge on any atom is 0.315 e. The van der Waals surface area contributed by atoms with Gasteiger partial charge in [-0.2, -0.15) is 9.61 Å². The van der Waals surface area contributed by atoms with Gasteiger partial charge in [0.25, 0.3) is 0 Å². The van der Waals surface area contributed by atoms with Gasteiger partial charge in [0.1, 0.15) is 11.6 Å². The molecule has 6 rings (SSSR count). The van der Waals surface area contributed by atoms with Crippen LogP contribution in [-0.4, -0.2) is 48.4 Å². The van der Waals surface area contributed by atoms with Crippen molar-refractivity contribution < 1.29 is 14.0 Å². The van der Waals surface area contributed by atoms with Crippen LogP contribution < -0.4 is 11.5 Å². The zero-order valence-corrected chi connectivity index (χ0v) is 20.3. The molecule has 1 unspecified atom stereocenters. The van der Waals surface area contributed by atoms with Crippen molar-refractivity contribution in [3.8, 4) is 22.4 Å². The van der Waals surface area contributed by atoms with Gasteiger partial charge in [-0.25, -0.2) is 14.2 Å². The lowest BCUT2D eigenvalue weighted by Gasteiger charge is -2.38. The SMILES string of the molecule is CC(=O)c1c(C2C[C@H]3CC[C@@H](C2)N3C(N)=O)nc2c(-c3ccc(-c4ccccc4F)nc3)cnn2c1N. The van der Waals surface area contributed by atoms with Crippen molar-refractivity contribution in [3.63, 3.8) is 0 Å². The van der Waals surface area contributed by atoms with E-state index >= 15 is 0 Å². The number of hydrogen-bond acceptors (Lipinski definition) is 6. The molecule has 2 fully saturated rings. The summed E-state index contributed by atoms with van der Waals surface area (Å²) in [5, 5.41) is 4.42. The Morgan fingerprint density at radius 2 is 1.76 bits per heavy atom. The molecule has 0 saturated carbocycles. The minimum atomic E-state index is -0.398. The van der Waals surface area contributed by atoms with Gasteiger partial charge in [0.15, 0.2) is 11.4 Å². The van der Waals surface area contributed by atoms with Crippen molar-refractivity contribution in [1.29, 1.82) is 0 Å². The molecule has 2 saturated heterocycles. The lowest BCUT2D eigenvalue weighted by Crippen LogP contribution is -2.48. The molecule has 2 aliphatic heterocycles. The number of nitrogens with zero attached hydrogens (tertiary/aromatic N) is 5. The number of carbonyl (C=O) groups excluding carboxylic acids is 2. The Balaban J connectivity index is 1.42. The van der Waals surface area contributed by atoms with Crippen molar-refractivity contribution in [1.82, 2.24) is 24.5 Å². The molecule has 2 aliphatic rings. The summed E-state index contributed by atoms with van der Waals surface area (Å²) in [5.41, 5.74) is 16.0. The number of ketones is 1. The Kier molecular flexibility index (Phi) is 5.40. The van der Waals surface area contributed by atoms with Gasteiger partial charge in [-0.3, -0.25) is 9.78 Å². The van der Waals surface area contributed by atoms with Gasteiger partial charge in [0, 0.05) is 40.9 Å². The van der Waals surface area contributed by atoms with Crippen LogP contribution in [-0.2, 0) is 0 Å². The second-order valence-electron chi connectivity index (χ2n) is 9.82. The summed E-state index contributed by atoms with van der Waals surface area (Å²) in [7, 11) is 0. The largest absolute Gasteiger partial charge is 0.383 e. The van der Waals surface area contributed by atoms with E-state index in [4.69, 9.17) is 16.5 Å². The molecule has 188 valence electrons. The molecule has 4 N–H and O–H groups in total. The monoisotopic (exact) mass is 499 g/mol. The van der Waals surface area contributed by atoms with Crippen LogP contribution in [0.2, 0.25) is 0 Å². The van der Waals surface area contributed by atoms with E-state index in [0.29, 0.717) is 46.6 Å². The van der Waals surface area contributed by atoms with E-state index in [2.05, 4.69) is 10.1 Å². The minimum Gasteiger partial charge on any atom is -0.383 e. The zero-order chi connectivity index (χ0) is 25.8. The summed E-state index contributed by atoms with van der Waals surface area (Å²) < 4.78 is 15.7. The van der Waals surface area contributed by atoms with Crippen LogP contribution in [0.4, 0.5) is 15.0 Å². The van der Waals surface area contributed by atoms with Crippen LogP contribution in [0.3, 0.4) is 0 Å². The Morgan fingerprint density at radius 1 is 1.03 bits per heavy atom. The second-order valence-corrected chi connectivity index (χ2v) is 9.82. The third-order valence-corrected chi connectivity index (χ3v) is 7.66. The number of amides is 2. The normalized spacial score (nSPS) is 20.9. The molecule has 4 aromatic rings. The maximum atomic E-state index is 14.2. The van der Waals surface area contributed by atoms with E-state index in [-0.39, 0.29) is 35.4 Å². The lowest BCUT2D eigenvalue weighted by molar-refractivity contribution is 0.101. The first kappa shape index (κ1) is 23.1. The number of nitrogens with two attached hydrogens (primary N) is 2. The van der Waals surface area contributed by atoms with Gasteiger partial charge in [0.05, 0.1) is 23.1 Å². The van der Waals surface area contributed by atoms with Crippen molar-refractivity contribution >= 4 is 23.3 Å². The number of pyridine rings is 1. The molecule has 3 aromatic heterocycles. The number of anilines is 1. The topological polar surface area (TPSA) is 132 Å². The van der Waals surface area contributed by atoms with Crippen LogP contribution >= 0.6 is 0 Å². The third kappa shape index (κ3) is 3.71. The van der Waals surface area contributed by atoms with E-state index in [1.165, 1.54) is 17.5 Å². The van der Waals surface area contributed by atoms with Gasteiger partial charge < -0.3 is 16.4 Å². The number of fused-ring (bicyclic) bond motifs is 3.